The topological polar surface area (TPSA) is 110 Å². The Labute approximate surface area is 162 Å². The van der Waals surface area contributed by atoms with Crippen LogP contribution in [0.5, 0.6) is 0 Å². The lowest BCUT2D eigenvalue weighted by atomic mass is 10.2. The Hall–Kier alpha value is -2.39. The van der Waals surface area contributed by atoms with Gasteiger partial charge in [-0.15, -0.1) is 0 Å². The Morgan fingerprint density at radius 2 is 2.19 bits per heavy atom. The Bertz CT molecular complexity index is 855. The van der Waals surface area contributed by atoms with Gasteiger partial charge in [-0.25, -0.2) is 25.6 Å². The van der Waals surface area contributed by atoms with Gasteiger partial charge >= 0.3 is 6.09 Å². The molecular weight excluding hydrogens is 370 g/mol. The minimum absolute atomic E-state index is 0.00106. The molecule has 1 fully saturated rings. The van der Waals surface area contributed by atoms with Gasteiger partial charge in [-0.3, -0.25) is 0 Å². The van der Waals surface area contributed by atoms with E-state index in [9.17, 15) is 4.79 Å². The van der Waals surface area contributed by atoms with Crippen LogP contribution in [0.4, 0.5) is 16.4 Å². The quantitative estimate of drug-likeness (QED) is 0.604. The number of nitrogens with zero attached hydrogens (tertiary/aromatic N) is 5. The van der Waals surface area contributed by atoms with Crippen LogP contribution in [0.2, 0.25) is 5.02 Å². The molecule has 3 N–H and O–H groups in total. The second-order valence-corrected chi connectivity index (χ2v) is 7.95. The third-order valence-electron chi connectivity index (χ3n) is 4.30. The van der Waals surface area contributed by atoms with Crippen LogP contribution in [-0.4, -0.2) is 57.7 Å². The number of carbonyl (C=O) groups is 1. The molecule has 0 aromatic carbocycles. The lowest BCUT2D eigenvalue weighted by molar-refractivity contribution is 0.0238. The SMILES string of the molecule is CN(C(=O)OC(C)(C)C)[C@@H]1CCN(c2nc3ncc(Cl)cc3nc2NN)C1. The van der Waals surface area contributed by atoms with E-state index in [0.717, 1.165) is 6.42 Å². The molecule has 2 aromatic rings. The fourth-order valence-electron chi connectivity index (χ4n) is 2.96. The number of hydrogen-bond donors (Lipinski definition) is 2. The molecular formula is C17H24ClN7O2. The maximum Gasteiger partial charge on any atom is 0.410 e. The Balaban J connectivity index is 1.80. The van der Waals surface area contributed by atoms with Crippen LogP contribution < -0.4 is 16.2 Å². The third-order valence-corrected chi connectivity index (χ3v) is 4.51. The molecule has 0 spiro atoms. The highest BCUT2D eigenvalue weighted by molar-refractivity contribution is 6.31. The van der Waals surface area contributed by atoms with Gasteiger partial charge in [0.2, 0.25) is 0 Å². The summed E-state index contributed by atoms with van der Waals surface area (Å²) in [4.78, 5) is 29.3. The van der Waals surface area contributed by atoms with Gasteiger partial charge in [0, 0.05) is 26.3 Å². The van der Waals surface area contributed by atoms with Crippen molar-refractivity contribution >= 4 is 40.5 Å². The molecule has 0 saturated carbocycles. The van der Waals surface area contributed by atoms with Crippen molar-refractivity contribution in [1.82, 2.24) is 19.9 Å². The van der Waals surface area contributed by atoms with Gasteiger partial charge in [-0.05, 0) is 33.3 Å². The van der Waals surface area contributed by atoms with E-state index in [0.29, 0.717) is 40.9 Å². The van der Waals surface area contributed by atoms with E-state index < -0.39 is 5.60 Å². The summed E-state index contributed by atoms with van der Waals surface area (Å²) in [5, 5.41) is 0.479. The van der Waals surface area contributed by atoms with E-state index in [1.54, 1.807) is 18.0 Å². The number of hydrogen-bond acceptors (Lipinski definition) is 8. The Kier molecular flexibility index (Phi) is 5.25. The molecule has 3 rings (SSSR count). The molecule has 0 bridgehead atoms. The van der Waals surface area contributed by atoms with Crippen LogP contribution in [0.25, 0.3) is 11.2 Å². The minimum atomic E-state index is -0.531. The van der Waals surface area contributed by atoms with Gasteiger partial charge in [0.1, 0.15) is 11.1 Å². The van der Waals surface area contributed by atoms with Crippen molar-refractivity contribution in [3.05, 3.63) is 17.3 Å². The third kappa shape index (κ3) is 4.30. The van der Waals surface area contributed by atoms with Crippen molar-refractivity contribution in [2.45, 2.75) is 38.8 Å². The Morgan fingerprint density at radius 1 is 1.44 bits per heavy atom. The molecule has 9 nitrogen and oxygen atoms in total. The fraction of sp³-hybridized carbons (Fsp3) is 0.529. The number of anilines is 2. The fourth-order valence-corrected chi connectivity index (χ4v) is 3.12. The predicted octanol–water partition coefficient (Wildman–Crippen LogP) is 2.41. The average Bonchev–Trinajstić information content (AvgIpc) is 3.08. The van der Waals surface area contributed by atoms with Crippen molar-refractivity contribution in [2.24, 2.45) is 5.84 Å². The summed E-state index contributed by atoms with van der Waals surface area (Å²) < 4.78 is 5.45. The summed E-state index contributed by atoms with van der Waals surface area (Å²) in [5.74, 6) is 6.68. The first-order valence-corrected chi connectivity index (χ1v) is 9.06. The molecule has 146 valence electrons. The van der Waals surface area contributed by atoms with Crippen LogP contribution in [0.1, 0.15) is 27.2 Å². The number of likely N-dealkylation sites (N-methyl/N-ethyl adjacent to an activating group) is 1. The summed E-state index contributed by atoms with van der Waals surface area (Å²) in [6.45, 7) is 6.85. The van der Waals surface area contributed by atoms with E-state index in [1.807, 2.05) is 25.7 Å². The molecule has 0 aliphatic carbocycles. The summed E-state index contributed by atoms with van der Waals surface area (Å²) >= 11 is 5.97. The molecule has 1 aliphatic rings. The van der Waals surface area contributed by atoms with Gasteiger partial charge in [-0.1, -0.05) is 11.6 Å². The molecule has 0 unspecified atom stereocenters. The first-order chi connectivity index (χ1) is 12.7. The molecule has 1 saturated heterocycles. The number of rotatable bonds is 3. The monoisotopic (exact) mass is 393 g/mol. The number of hydrazine groups is 1. The molecule has 0 radical (unpaired) electrons. The zero-order valence-corrected chi connectivity index (χ0v) is 16.6. The molecule has 27 heavy (non-hydrogen) atoms. The highest BCUT2D eigenvalue weighted by atomic mass is 35.5. The van der Waals surface area contributed by atoms with Crippen LogP contribution in [0.15, 0.2) is 12.3 Å². The summed E-state index contributed by atoms with van der Waals surface area (Å²) in [7, 11) is 1.75. The maximum absolute atomic E-state index is 12.3. The van der Waals surface area contributed by atoms with Gasteiger partial charge in [0.25, 0.3) is 0 Å². The van der Waals surface area contributed by atoms with Gasteiger partial charge in [-0.2, -0.15) is 0 Å². The molecule has 1 amide bonds. The number of nitrogens with two attached hydrogens (primary N) is 1. The zero-order chi connectivity index (χ0) is 19.8. The predicted molar refractivity (Wildman–Crippen MR) is 105 cm³/mol. The van der Waals surface area contributed by atoms with Crippen LogP contribution in [0, 0.1) is 0 Å². The highest BCUT2D eigenvalue weighted by Gasteiger charge is 2.32. The van der Waals surface area contributed by atoms with Crippen molar-refractivity contribution < 1.29 is 9.53 Å². The molecule has 1 atom stereocenters. The number of aromatic nitrogens is 3. The number of halogens is 1. The Morgan fingerprint density at radius 3 is 2.85 bits per heavy atom. The van der Waals surface area contributed by atoms with Gasteiger partial charge in [0.05, 0.1) is 11.1 Å². The van der Waals surface area contributed by atoms with E-state index in [4.69, 9.17) is 22.2 Å². The lowest BCUT2D eigenvalue weighted by Crippen LogP contribution is -2.42. The van der Waals surface area contributed by atoms with Crippen LogP contribution >= 0.6 is 11.6 Å². The van der Waals surface area contributed by atoms with Crippen molar-refractivity contribution in [3.63, 3.8) is 0 Å². The van der Waals surface area contributed by atoms with Crippen LogP contribution in [0.3, 0.4) is 0 Å². The molecule has 1 aliphatic heterocycles. The van der Waals surface area contributed by atoms with E-state index in [2.05, 4.69) is 20.4 Å². The summed E-state index contributed by atoms with van der Waals surface area (Å²) in [6.07, 6.45) is 1.97. The number of fused-ring (bicyclic) bond motifs is 1. The van der Waals surface area contributed by atoms with Crippen molar-refractivity contribution in [1.29, 1.82) is 0 Å². The lowest BCUT2D eigenvalue weighted by Gasteiger charge is -2.28. The second-order valence-electron chi connectivity index (χ2n) is 7.52. The summed E-state index contributed by atoms with van der Waals surface area (Å²) in [5.41, 5.74) is 3.10. The smallest absolute Gasteiger partial charge is 0.410 e. The number of carbonyl (C=O) groups excluding carboxylic acids is 1. The number of amides is 1. The molecule has 10 heteroatoms. The number of ether oxygens (including phenoxy) is 1. The maximum atomic E-state index is 12.3. The van der Waals surface area contributed by atoms with Gasteiger partial charge < -0.3 is 20.0 Å². The number of nitrogen functional groups attached to an aromatic ring is 1. The number of nitrogens with one attached hydrogen (secondary N) is 1. The highest BCUT2D eigenvalue weighted by Crippen LogP contribution is 2.29. The van der Waals surface area contributed by atoms with Crippen molar-refractivity contribution in [3.8, 4) is 0 Å². The van der Waals surface area contributed by atoms with Gasteiger partial charge in [0.15, 0.2) is 17.3 Å². The number of pyridine rings is 1. The van der Waals surface area contributed by atoms with Crippen LogP contribution in [-0.2, 0) is 4.74 Å². The average molecular weight is 394 g/mol. The normalized spacial score (nSPS) is 17.3. The van der Waals surface area contributed by atoms with Crippen molar-refractivity contribution in [2.75, 3.05) is 30.5 Å². The largest absolute Gasteiger partial charge is 0.444 e. The van der Waals surface area contributed by atoms with E-state index >= 15 is 0 Å². The molecule has 3 heterocycles. The van der Waals surface area contributed by atoms with E-state index in [-0.39, 0.29) is 12.1 Å². The standard InChI is InChI=1S/C17H24ClN7O2/c1-17(2,3)27-16(26)24(4)11-5-6-25(9-11)15-14(23-19)21-12-7-10(18)8-20-13(12)22-15/h7-8,11H,5-6,9,19H2,1-4H3,(H,21,23)/t11-/m1/s1. The minimum Gasteiger partial charge on any atom is -0.444 e. The first kappa shape index (κ1) is 19.4. The summed E-state index contributed by atoms with van der Waals surface area (Å²) in [6, 6.07) is 1.69. The second kappa shape index (κ2) is 7.32. The zero-order valence-electron chi connectivity index (χ0n) is 15.9. The first-order valence-electron chi connectivity index (χ1n) is 8.68. The van der Waals surface area contributed by atoms with E-state index in [1.165, 1.54) is 6.20 Å². The molecule has 2 aromatic heterocycles.